The summed E-state index contributed by atoms with van der Waals surface area (Å²) < 4.78 is 0. The maximum absolute atomic E-state index is 13.0. The van der Waals surface area contributed by atoms with E-state index < -0.39 is 0 Å². The van der Waals surface area contributed by atoms with E-state index in [0.717, 1.165) is 49.2 Å². The van der Waals surface area contributed by atoms with Crippen molar-refractivity contribution in [2.24, 2.45) is 0 Å². The number of halogens is 1. The Morgan fingerprint density at radius 3 is 2.45 bits per heavy atom. The highest BCUT2D eigenvalue weighted by atomic mass is 35.5. The van der Waals surface area contributed by atoms with Crippen molar-refractivity contribution < 1.29 is 4.79 Å². The lowest BCUT2D eigenvalue weighted by molar-refractivity contribution is -0.131. The normalized spacial score (nSPS) is 25.0. The molecular weight excluding hydrogens is 296 g/mol. The summed E-state index contributed by atoms with van der Waals surface area (Å²) in [6.45, 7) is 3.42. The SMILES string of the molecule is O=C(NC1(CN2CCC2)CC1)C1(c2cccc(Cl)c2)CCC1. The molecule has 0 atom stereocenters. The third kappa shape index (κ3) is 2.44. The Bertz CT molecular complexity index is 589. The van der Waals surface area contributed by atoms with Crippen molar-refractivity contribution in [2.75, 3.05) is 19.6 Å². The Morgan fingerprint density at radius 1 is 1.18 bits per heavy atom. The number of hydrogen-bond acceptors (Lipinski definition) is 2. The molecule has 0 radical (unpaired) electrons. The molecule has 4 heteroatoms. The fraction of sp³-hybridized carbons (Fsp3) is 0.611. The summed E-state index contributed by atoms with van der Waals surface area (Å²) in [5, 5.41) is 4.12. The number of carbonyl (C=O) groups is 1. The molecular formula is C18H23ClN2O. The van der Waals surface area contributed by atoms with Crippen LogP contribution in [0.15, 0.2) is 24.3 Å². The number of carbonyl (C=O) groups excluding carboxylic acids is 1. The van der Waals surface area contributed by atoms with Crippen LogP contribution >= 0.6 is 11.6 Å². The predicted molar refractivity (Wildman–Crippen MR) is 88.1 cm³/mol. The van der Waals surface area contributed by atoms with Crippen molar-refractivity contribution in [3.05, 3.63) is 34.9 Å². The Labute approximate surface area is 137 Å². The van der Waals surface area contributed by atoms with Gasteiger partial charge in [-0.1, -0.05) is 30.2 Å². The lowest BCUT2D eigenvalue weighted by atomic mass is 9.63. The van der Waals surface area contributed by atoms with Gasteiger partial charge in [0.2, 0.25) is 5.91 Å². The summed E-state index contributed by atoms with van der Waals surface area (Å²) in [6.07, 6.45) is 6.56. The van der Waals surface area contributed by atoms with Gasteiger partial charge in [0, 0.05) is 11.6 Å². The molecule has 1 saturated heterocycles. The van der Waals surface area contributed by atoms with Gasteiger partial charge in [-0.05, 0) is 62.9 Å². The molecule has 0 bridgehead atoms. The van der Waals surface area contributed by atoms with Crippen LogP contribution in [0.4, 0.5) is 0 Å². The molecule has 1 aliphatic heterocycles. The number of hydrogen-bond donors (Lipinski definition) is 1. The Balaban J connectivity index is 1.50. The number of benzene rings is 1. The third-order valence-corrected chi connectivity index (χ3v) is 5.96. The minimum Gasteiger partial charge on any atom is -0.349 e. The minimum atomic E-state index is -0.338. The quantitative estimate of drug-likeness (QED) is 0.904. The molecule has 0 aromatic heterocycles. The van der Waals surface area contributed by atoms with E-state index in [1.807, 2.05) is 18.2 Å². The zero-order valence-electron chi connectivity index (χ0n) is 12.9. The van der Waals surface area contributed by atoms with Gasteiger partial charge in [-0.15, -0.1) is 0 Å². The highest BCUT2D eigenvalue weighted by Gasteiger charge is 2.52. The van der Waals surface area contributed by atoms with Crippen LogP contribution in [0, 0.1) is 0 Å². The first-order valence-corrected chi connectivity index (χ1v) is 8.81. The van der Waals surface area contributed by atoms with Gasteiger partial charge in [0.05, 0.1) is 11.0 Å². The number of nitrogens with one attached hydrogen (secondary N) is 1. The summed E-state index contributed by atoms with van der Waals surface area (Å²) in [5.41, 5.74) is 0.803. The van der Waals surface area contributed by atoms with E-state index >= 15 is 0 Å². The summed E-state index contributed by atoms with van der Waals surface area (Å²) in [6, 6.07) is 7.86. The van der Waals surface area contributed by atoms with Crippen LogP contribution in [0.25, 0.3) is 0 Å². The van der Waals surface area contributed by atoms with E-state index in [4.69, 9.17) is 11.6 Å². The lowest BCUT2D eigenvalue weighted by Gasteiger charge is -2.43. The predicted octanol–water partition coefficient (Wildman–Crippen LogP) is 3.12. The fourth-order valence-electron chi connectivity index (χ4n) is 3.77. The zero-order valence-corrected chi connectivity index (χ0v) is 13.7. The monoisotopic (exact) mass is 318 g/mol. The van der Waals surface area contributed by atoms with E-state index in [1.54, 1.807) is 0 Å². The second-order valence-corrected chi connectivity index (χ2v) is 7.75. The van der Waals surface area contributed by atoms with Gasteiger partial charge < -0.3 is 10.2 Å². The summed E-state index contributed by atoms with van der Waals surface area (Å²) >= 11 is 6.14. The van der Waals surface area contributed by atoms with Crippen LogP contribution in [-0.4, -0.2) is 36.0 Å². The Morgan fingerprint density at radius 2 is 1.95 bits per heavy atom. The molecule has 1 N–H and O–H groups in total. The molecule has 4 rings (SSSR count). The number of rotatable bonds is 5. The van der Waals surface area contributed by atoms with Crippen LogP contribution in [-0.2, 0) is 10.2 Å². The molecule has 3 aliphatic rings. The van der Waals surface area contributed by atoms with E-state index in [1.165, 1.54) is 19.5 Å². The second kappa shape index (κ2) is 5.24. The Kier molecular flexibility index (Phi) is 3.46. The van der Waals surface area contributed by atoms with Gasteiger partial charge in [0.1, 0.15) is 0 Å². The average Bonchev–Trinajstić information content (AvgIpc) is 3.13. The molecule has 22 heavy (non-hydrogen) atoms. The first-order chi connectivity index (χ1) is 10.6. The van der Waals surface area contributed by atoms with Gasteiger partial charge in [-0.2, -0.15) is 0 Å². The van der Waals surface area contributed by atoms with Gasteiger partial charge in [-0.25, -0.2) is 0 Å². The summed E-state index contributed by atoms with van der Waals surface area (Å²) in [7, 11) is 0. The van der Waals surface area contributed by atoms with E-state index in [9.17, 15) is 4.79 Å². The van der Waals surface area contributed by atoms with E-state index in [2.05, 4.69) is 16.3 Å². The smallest absolute Gasteiger partial charge is 0.231 e. The van der Waals surface area contributed by atoms with Crippen LogP contribution < -0.4 is 5.32 Å². The van der Waals surface area contributed by atoms with E-state index in [-0.39, 0.29) is 16.9 Å². The van der Waals surface area contributed by atoms with Crippen molar-refractivity contribution in [2.45, 2.75) is 49.5 Å². The second-order valence-electron chi connectivity index (χ2n) is 7.31. The summed E-state index contributed by atoms with van der Waals surface area (Å²) in [5.74, 6) is 0.221. The molecule has 2 saturated carbocycles. The van der Waals surface area contributed by atoms with Gasteiger partial charge in [-0.3, -0.25) is 4.79 Å². The summed E-state index contributed by atoms with van der Waals surface area (Å²) in [4.78, 5) is 15.5. The van der Waals surface area contributed by atoms with Gasteiger partial charge in [0.25, 0.3) is 0 Å². The molecule has 0 spiro atoms. The minimum absolute atomic E-state index is 0.0542. The van der Waals surface area contributed by atoms with Crippen molar-refractivity contribution in [1.29, 1.82) is 0 Å². The maximum Gasteiger partial charge on any atom is 0.231 e. The van der Waals surface area contributed by atoms with Crippen LogP contribution in [0.1, 0.15) is 44.1 Å². The molecule has 3 fully saturated rings. The first-order valence-electron chi connectivity index (χ1n) is 8.43. The molecule has 1 aromatic rings. The standard InChI is InChI=1S/C18H23ClN2O/c19-15-5-1-4-14(12-15)18(6-2-7-18)16(22)20-17(8-9-17)13-21-10-3-11-21/h1,4-5,12H,2-3,6-11,13H2,(H,20,22). The maximum atomic E-state index is 13.0. The average molecular weight is 319 g/mol. The molecule has 3 nitrogen and oxygen atoms in total. The number of amides is 1. The lowest BCUT2D eigenvalue weighted by Crippen LogP contribution is -2.56. The highest BCUT2D eigenvalue weighted by molar-refractivity contribution is 6.30. The third-order valence-electron chi connectivity index (χ3n) is 5.73. The van der Waals surface area contributed by atoms with Crippen LogP contribution in [0.2, 0.25) is 5.02 Å². The van der Waals surface area contributed by atoms with Crippen molar-refractivity contribution in [1.82, 2.24) is 10.2 Å². The van der Waals surface area contributed by atoms with Gasteiger partial charge in [0.15, 0.2) is 0 Å². The molecule has 2 aliphatic carbocycles. The molecule has 1 heterocycles. The number of nitrogens with zero attached hydrogens (tertiary/aromatic N) is 1. The van der Waals surface area contributed by atoms with Crippen LogP contribution in [0.3, 0.4) is 0 Å². The fourth-order valence-corrected chi connectivity index (χ4v) is 3.96. The van der Waals surface area contributed by atoms with Gasteiger partial charge >= 0.3 is 0 Å². The molecule has 1 aromatic carbocycles. The first kappa shape index (κ1) is 14.5. The van der Waals surface area contributed by atoms with Crippen LogP contribution in [0.5, 0.6) is 0 Å². The molecule has 118 valence electrons. The Hall–Kier alpha value is -1.06. The molecule has 0 unspecified atom stereocenters. The van der Waals surface area contributed by atoms with Crippen molar-refractivity contribution in [3.63, 3.8) is 0 Å². The van der Waals surface area contributed by atoms with E-state index in [0.29, 0.717) is 0 Å². The largest absolute Gasteiger partial charge is 0.349 e. The zero-order chi connectivity index (χ0) is 15.2. The van der Waals surface area contributed by atoms with Crippen molar-refractivity contribution in [3.8, 4) is 0 Å². The van der Waals surface area contributed by atoms with Crippen molar-refractivity contribution >= 4 is 17.5 Å². The highest BCUT2D eigenvalue weighted by Crippen LogP contribution is 2.46. The molecule has 1 amide bonds. The topological polar surface area (TPSA) is 32.3 Å². The number of likely N-dealkylation sites (tertiary alicyclic amines) is 1.